The molecule has 8 nitrogen and oxygen atoms in total. The highest BCUT2D eigenvalue weighted by molar-refractivity contribution is 6.08. The van der Waals surface area contributed by atoms with Crippen LogP contribution in [0.25, 0.3) is 0 Å². The molecule has 8 heteroatoms. The molecule has 2 aliphatic rings. The number of hydrazine groups is 1. The molecule has 2 N–H and O–H groups in total. The molecule has 0 bridgehead atoms. The second-order valence-electron chi connectivity index (χ2n) is 8.13. The second-order valence-corrected chi connectivity index (χ2v) is 8.13. The Morgan fingerprint density at radius 2 is 1.88 bits per heavy atom. The van der Waals surface area contributed by atoms with E-state index < -0.39 is 23.4 Å². The van der Waals surface area contributed by atoms with Crippen molar-refractivity contribution in [3.05, 3.63) is 65.7 Å². The highest BCUT2D eigenvalue weighted by atomic mass is 16.5. The summed E-state index contributed by atoms with van der Waals surface area (Å²) in [6, 6.07) is 16.4. The first-order valence-corrected chi connectivity index (χ1v) is 10.9. The van der Waals surface area contributed by atoms with Crippen molar-refractivity contribution in [2.45, 2.75) is 37.8 Å². The standard InChI is InChI=1S/C24H28N4O4/c1-3-24(18-8-5-4-6-9-18)22(30)28(23(31)25-24)26-21(29)16-27-15-7-10-20(27)17-11-13-19(32-2)14-12-17/h4-6,8-9,11-14,20H,3,7,10,15-16H2,1-2H3,(H,25,31)(H,26,29). The summed E-state index contributed by atoms with van der Waals surface area (Å²) in [4.78, 5) is 40.7. The third-order valence-corrected chi connectivity index (χ3v) is 6.34. The van der Waals surface area contributed by atoms with Gasteiger partial charge in [0.1, 0.15) is 11.3 Å². The van der Waals surface area contributed by atoms with Crippen LogP contribution >= 0.6 is 0 Å². The van der Waals surface area contributed by atoms with E-state index in [1.54, 1.807) is 19.2 Å². The number of nitrogens with one attached hydrogen (secondary N) is 2. The fourth-order valence-corrected chi connectivity index (χ4v) is 4.60. The minimum absolute atomic E-state index is 0.0955. The van der Waals surface area contributed by atoms with Gasteiger partial charge in [-0.25, -0.2) is 4.79 Å². The van der Waals surface area contributed by atoms with Crippen LogP contribution in [0, 0.1) is 0 Å². The van der Waals surface area contributed by atoms with Gasteiger partial charge in [0.05, 0.1) is 13.7 Å². The second kappa shape index (κ2) is 9.00. The van der Waals surface area contributed by atoms with E-state index in [0.29, 0.717) is 12.0 Å². The molecule has 0 aromatic heterocycles. The van der Waals surface area contributed by atoms with Crippen molar-refractivity contribution in [3.8, 4) is 5.75 Å². The molecule has 4 amide bonds. The van der Waals surface area contributed by atoms with Gasteiger partial charge in [0, 0.05) is 6.04 Å². The van der Waals surface area contributed by atoms with E-state index in [1.165, 1.54) is 0 Å². The van der Waals surface area contributed by atoms with Crippen molar-refractivity contribution in [2.24, 2.45) is 0 Å². The monoisotopic (exact) mass is 436 g/mol. The molecule has 2 unspecified atom stereocenters. The molecule has 2 aromatic rings. The Morgan fingerprint density at radius 3 is 2.53 bits per heavy atom. The van der Waals surface area contributed by atoms with Gasteiger partial charge in [0.25, 0.3) is 11.8 Å². The molecule has 2 aromatic carbocycles. The lowest BCUT2D eigenvalue weighted by molar-refractivity contribution is -0.140. The zero-order valence-electron chi connectivity index (χ0n) is 18.3. The number of nitrogens with zero attached hydrogens (tertiary/aromatic N) is 2. The summed E-state index contributed by atoms with van der Waals surface area (Å²) in [6.07, 6.45) is 2.29. The molecular weight excluding hydrogens is 408 g/mol. The average Bonchev–Trinajstić information content (AvgIpc) is 3.38. The maximum atomic E-state index is 13.2. The molecule has 2 saturated heterocycles. The molecule has 4 rings (SSSR count). The van der Waals surface area contributed by atoms with E-state index in [-0.39, 0.29) is 12.6 Å². The fourth-order valence-electron chi connectivity index (χ4n) is 4.60. The van der Waals surface area contributed by atoms with Gasteiger partial charge < -0.3 is 10.1 Å². The predicted molar refractivity (Wildman–Crippen MR) is 118 cm³/mol. The van der Waals surface area contributed by atoms with Crippen LogP contribution in [0.1, 0.15) is 43.4 Å². The molecule has 0 saturated carbocycles. The Morgan fingerprint density at radius 1 is 1.16 bits per heavy atom. The number of amides is 4. The van der Waals surface area contributed by atoms with Crippen LogP contribution in [-0.4, -0.2) is 48.0 Å². The van der Waals surface area contributed by atoms with Crippen LogP contribution in [0.15, 0.2) is 54.6 Å². The van der Waals surface area contributed by atoms with E-state index in [4.69, 9.17) is 4.74 Å². The van der Waals surface area contributed by atoms with Gasteiger partial charge >= 0.3 is 6.03 Å². The van der Waals surface area contributed by atoms with Crippen LogP contribution in [0.3, 0.4) is 0 Å². The van der Waals surface area contributed by atoms with Crippen LogP contribution in [-0.2, 0) is 15.1 Å². The number of imide groups is 1. The Bertz CT molecular complexity index is 995. The molecule has 2 aliphatic heterocycles. The summed E-state index contributed by atoms with van der Waals surface area (Å²) in [5.74, 6) is -0.0843. The van der Waals surface area contributed by atoms with Crippen molar-refractivity contribution in [2.75, 3.05) is 20.2 Å². The molecule has 0 spiro atoms. The first-order valence-electron chi connectivity index (χ1n) is 10.9. The SMILES string of the molecule is CCC1(c2ccccc2)NC(=O)N(NC(=O)CN2CCCC2c2ccc(OC)cc2)C1=O. The number of urea groups is 1. The Hall–Kier alpha value is -3.39. The third kappa shape index (κ3) is 3.93. The van der Waals surface area contributed by atoms with E-state index in [1.807, 2.05) is 49.4 Å². The van der Waals surface area contributed by atoms with Crippen LogP contribution < -0.4 is 15.5 Å². The number of likely N-dealkylation sites (tertiary alicyclic amines) is 1. The van der Waals surface area contributed by atoms with Gasteiger partial charge in [-0.05, 0) is 49.1 Å². The number of hydrogen-bond donors (Lipinski definition) is 2. The van der Waals surface area contributed by atoms with Crippen molar-refractivity contribution in [1.29, 1.82) is 0 Å². The highest BCUT2D eigenvalue weighted by Gasteiger charge is 2.52. The van der Waals surface area contributed by atoms with Gasteiger partial charge in [-0.2, -0.15) is 5.01 Å². The predicted octanol–water partition coefficient (Wildman–Crippen LogP) is 2.72. The number of benzene rings is 2. The smallest absolute Gasteiger partial charge is 0.344 e. The van der Waals surface area contributed by atoms with Crippen molar-refractivity contribution in [3.63, 3.8) is 0 Å². The molecular formula is C24H28N4O4. The Kier molecular flexibility index (Phi) is 6.14. The minimum atomic E-state index is -1.18. The number of rotatable bonds is 7. The average molecular weight is 437 g/mol. The van der Waals surface area contributed by atoms with Crippen molar-refractivity contribution < 1.29 is 19.1 Å². The maximum absolute atomic E-state index is 13.2. The number of carbonyl (C=O) groups is 3. The summed E-state index contributed by atoms with van der Waals surface area (Å²) in [5.41, 5.74) is 3.15. The summed E-state index contributed by atoms with van der Waals surface area (Å²) in [6.45, 7) is 2.70. The number of methoxy groups -OCH3 is 1. The number of ether oxygens (including phenoxy) is 1. The topological polar surface area (TPSA) is 91.0 Å². The molecule has 32 heavy (non-hydrogen) atoms. The zero-order valence-corrected chi connectivity index (χ0v) is 18.3. The van der Waals surface area contributed by atoms with E-state index in [0.717, 1.165) is 35.7 Å². The number of hydrogen-bond acceptors (Lipinski definition) is 5. The lowest BCUT2D eigenvalue weighted by Crippen LogP contribution is -2.51. The first kappa shape index (κ1) is 21.8. The Labute approximate surface area is 187 Å². The van der Waals surface area contributed by atoms with E-state index in [2.05, 4.69) is 15.6 Å². The van der Waals surface area contributed by atoms with E-state index in [9.17, 15) is 14.4 Å². The zero-order chi connectivity index (χ0) is 22.7. The Balaban J connectivity index is 1.44. The van der Waals surface area contributed by atoms with E-state index >= 15 is 0 Å². The van der Waals surface area contributed by atoms with Crippen LogP contribution in [0.5, 0.6) is 5.75 Å². The highest BCUT2D eigenvalue weighted by Crippen LogP contribution is 2.33. The summed E-state index contributed by atoms with van der Waals surface area (Å²) >= 11 is 0. The van der Waals surface area contributed by atoms with Gasteiger partial charge in [0.15, 0.2) is 0 Å². The summed E-state index contributed by atoms with van der Waals surface area (Å²) < 4.78 is 5.22. The third-order valence-electron chi connectivity index (χ3n) is 6.34. The fraction of sp³-hybridized carbons (Fsp3) is 0.375. The molecule has 168 valence electrons. The van der Waals surface area contributed by atoms with Crippen LogP contribution in [0.2, 0.25) is 0 Å². The van der Waals surface area contributed by atoms with Gasteiger partial charge in [0.2, 0.25) is 0 Å². The van der Waals surface area contributed by atoms with Crippen molar-refractivity contribution >= 4 is 17.8 Å². The van der Waals surface area contributed by atoms with Gasteiger partial charge in [-0.15, -0.1) is 0 Å². The first-order chi connectivity index (χ1) is 15.5. The van der Waals surface area contributed by atoms with Gasteiger partial charge in [-0.1, -0.05) is 49.4 Å². The molecule has 0 aliphatic carbocycles. The largest absolute Gasteiger partial charge is 0.497 e. The lowest BCUT2D eigenvalue weighted by atomic mass is 9.87. The minimum Gasteiger partial charge on any atom is -0.497 e. The van der Waals surface area contributed by atoms with Crippen molar-refractivity contribution in [1.82, 2.24) is 20.7 Å². The maximum Gasteiger partial charge on any atom is 0.344 e. The molecule has 0 radical (unpaired) electrons. The number of carbonyl (C=O) groups excluding carboxylic acids is 3. The molecule has 2 heterocycles. The molecule has 2 fully saturated rings. The molecule has 2 atom stereocenters. The van der Waals surface area contributed by atoms with Gasteiger partial charge in [-0.3, -0.25) is 19.9 Å². The summed E-state index contributed by atoms with van der Waals surface area (Å²) in [7, 11) is 1.63. The lowest BCUT2D eigenvalue weighted by Gasteiger charge is -2.27. The van der Waals surface area contributed by atoms with Crippen LogP contribution in [0.4, 0.5) is 4.79 Å². The quantitative estimate of drug-likeness (QED) is 0.652. The summed E-state index contributed by atoms with van der Waals surface area (Å²) in [5, 5.41) is 3.59. The normalized spacial score (nSPS) is 23.3.